The van der Waals surface area contributed by atoms with Gasteiger partial charge in [0.1, 0.15) is 0 Å². The van der Waals surface area contributed by atoms with Crippen molar-refractivity contribution in [2.45, 2.75) is 45.1 Å². The van der Waals surface area contributed by atoms with Crippen LogP contribution in [0.5, 0.6) is 0 Å². The smallest absolute Gasteiger partial charge is 0.223 e. The number of primary amides is 1. The first-order valence-corrected chi connectivity index (χ1v) is 9.21. The quantitative estimate of drug-likeness (QED) is 0.852. The predicted octanol–water partition coefficient (Wildman–Crippen LogP) is 1.08. The molecule has 2 aliphatic heterocycles. The number of likely N-dealkylation sites (tertiary alicyclic amines) is 2. The molecule has 0 aromatic carbocycles. The molecule has 7 heteroatoms. The number of nitrogens with zero attached hydrogens (tertiary/aromatic N) is 3. The number of aromatic nitrogens is 1. The van der Waals surface area contributed by atoms with E-state index in [0.29, 0.717) is 32.6 Å². The molecule has 3 amide bonds. The van der Waals surface area contributed by atoms with Gasteiger partial charge in [0.15, 0.2) is 0 Å². The molecule has 26 heavy (non-hydrogen) atoms. The third-order valence-electron chi connectivity index (χ3n) is 5.43. The van der Waals surface area contributed by atoms with Crippen LogP contribution in [0.25, 0.3) is 0 Å². The number of pyridine rings is 1. The van der Waals surface area contributed by atoms with Crippen molar-refractivity contribution in [1.29, 1.82) is 0 Å². The first kappa shape index (κ1) is 18.4. The van der Waals surface area contributed by atoms with Crippen molar-refractivity contribution in [2.75, 3.05) is 19.6 Å². The predicted molar refractivity (Wildman–Crippen MR) is 95.6 cm³/mol. The third kappa shape index (κ3) is 4.39. The molecule has 2 aliphatic rings. The Morgan fingerprint density at radius 2 is 2.04 bits per heavy atom. The average molecular weight is 358 g/mol. The fourth-order valence-electron chi connectivity index (χ4n) is 4.08. The van der Waals surface area contributed by atoms with Crippen LogP contribution < -0.4 is 5.73 Å². The number of nitrogens with two attached hydrogens (primary N) is 1. The Hall–Kier alpha value is -2.44. The van der Waals surface area contributed by atoms with E-state index in [-0.39, 0.29) is 30.1 Å². The van der Waals surface area contributed by atoms with Gasteiger partial charge >= 0.3 is 0 Å². The van der Waals surface area contributed by atoms with Gasteiger partial charge in [-0.05, 0) is 31.4 Å². The van der Waals surface area contributed by atoms with Crippen molar-refractivity contribution in [3.63, 3.8) is 0 Å². The van der Waals surface area contributed by atoms with Gasteiger partial charge in [0.25, 0.3) is 0 Å². The fraction of sp³-hybridized carbons (Fsp3) is 0.579. The summed E-state index contributed by atoms with van der Waals surface area (Å²) in [4.78, 5) is 43.8. The van der Waals surface area contributed by atoms with E-state index in [1.165, 1.54) is 0 Å². The maximum atomic E-state index is 12.4. The SMILES string of the molecule is NC(=O)CCC(=O)N1CCC[C@]2(CCC(=O)N(Cc3ccccn3)C2)C1. The maximum Gasteiger partial charge on any atom is 0.223 e. The number of amides is 3. The van der Waals surface area contributed by atoms with E-state index in [9.17, 15) is 14.4 Å². The van der Waals surface area contributed by atoms with Crippen molar-refractivity contribution >= 4 is 17.7 Å². The lowest BCUT2D eigenvalue weighted by atomic mass is 9.73. The number of hydrogen-bond donors (Lipinski definition) is 1. The lowest BCUT2D eigenvalue weighted by molar-refractivity contribution is -0.144. The molecule has 1 aromatic heterocycles. The summed E-state index contributed by atoms with van der Waals surface area (Å²) in [7, 11) is 0. The van der Waals surface area contributed by atoms with E-state index in [2.05, 4.69) is 4.98 Å². The molecular weight excluding hydrogens is 332 g/mol. The highest BCUT2D eigenvalue weighted by atomic mass is 16.2. The van der Waals surface area contributed by atoms with Crippen molar-refractivity contribution in [1.82, 2.24) is 14.8 Å². The zero-order valence-corrected chi connectivity index (χ0v) is 15.0. The van der Waals surface area contributed by atoms with E-state index in [0.717, 1.165) is 25.0 Å². The van der Waals surface area contributed by atoms with Gasteiger partial charge in [-0.25, -0.2) is 0 Å². The molecule has 0 saturated carbocycles. The molecule has 1 spiro atoms. The molecule has 0 unspecified atom stereocenters. The van der Waals surface area contributed by atoms with Crippen LogP contribution in [0.15, 0.2) is 24.4 Å². The Labute approximate surface area is 153 Å². The second kappa shape index (κ2) is 7.85. The molecule has 3 heterocycles. The van der Waals surface area contributed by atoms with E-state index in [1.807, 2.05) is 28.0 Å². The Balaban J connectivity index is 1.65. The van der Waals surface area contributed by atoms with Crippen LogP contribution in [0.4, 0.5) is 0 Å². The van der Waals surface area contributed by atoms with Gasteiger partial charge < -0.3 is 15.5 Å². The molecule has 1 aromatic rings. The lowest BCUT2D eigenvalue weighted by Gasteiger charge is -2.48. The molecule has 0 radical (unpaired) electrons. The normalized spacial score (nSPS) is 23.3. The number of carbonyl (C=O) groups is 3. The molecule has 2 fully saturated rings. The number of hydrogen-bond acceptors (Lipinski definition) is 4. The first-order valence-electron chi connectivity index (χ1n) is 9.21. The standard InChI is InChI=1S/C19H26N4O3/c20-16(24)5-6-17(25)22-11-3-8-19(13-22)9-7-18(26)23(14-19)12-15-4-1-2-10-21-15/h1-2,4,10H,3,5-9,11-14H2,(H2,20,24)/t19-/m0/s1. The van der Waals surface area contributed by atoms with Crippen molar-refractivity contribution in [2.24, 2.45) is 11.1 Å². The summed E-state index contributed by atoms with van der Waals surface area (Å²) in [6.45, 7) is 2.53. The zero-order valence-electron chi connectivity index (χ0n) is 15.0. The van der Waals surface area contributed by atoms with Gasteiger partial charge in [0, 0.05) is 50.5 Å². The summed E-state index contributed by atoms with van der Waals surface area (Å²) in [6, 6.07) is 5.71. The molecule has 0 aliphatic carbocycles. The first-order chi connectivity index (χ1) is 12.5. The number of carbonyl (C=O) groups excluding carboxylic acids is 3. The highest BCUT2D eigenvalue weighted by molar-refractivity contribution is 5.83. The highest BCUT2D eigenvalue weighted by Gasteiger charge is 2.42. The van der Waals surface area contributed by atoms with Gasteiger partial charge in [0.2, 0.25) is 17.7 Å². The Kier molecular flexibility index (Phi) is 5.54. The molecule has 1 atom stereocenters. The van der Waals surface area contributed by atoms with Crippen molar-refractivity contribution < 1.29 is 14.4 Å². The largest absolute Gasteiger partial charge is 0.370 e. The van der Waals surface area contributed by atoms with Gasteiger partial charge in [-0.1, -0.05) is 6.07 Å². The second-order valence-electron chi connectivity index (χ2n) is 7.46. The third-order valence-corrected chi connectivity index (χ3v) is 5.43. The monoisotopic (exact) mass is 358 g/mol. The van der Waals surface area contributed by atoms with Crippen LogP contribution in [0.2, 0.25) is 0 Å². The average Bonchev–Trinajstić information content (AvgIpc) is 2.64. The van der Waals surface area contributed by atoms with E-state index in [4.69, 9.17) is 5.73 Å². The maximum absolute atomic E-state index is 12.4. The molecular formula is C19H26N4O3. The summed E-state index contributed by atoms with van der Waals surface area (Å²) >= 11 is 0. The fourth-order valence-corrected chi connectivity index (χ4v) is 4.08. The van der Waals surface area contributed by atoms with E-state index < -0.39 is 5.91 Å². The highest BCUT2D eigenvalue weighted by Crippen LogP contribution is 2.39. The van der Waals surface area contributed by atoms with Crippen LogP contribution in [-0.2, 0) is 20.9 Å². The Morgan fingerprint density at radius 1 is 1.19 bits per heavy atom. The van der Waals surface area contributed by atoms with Crippen LogP contribution in [0.1, 0.15) is 44.2 Å². The van der Waals surface area contributed by atoms with Gasteiger partial charge in [-0.2, -0.15) is 0 Å². The number of piperidine rings is 2. The molecule has 2 saturated heterocycles. The summed E-state index contributed by atoms with van der Waals surface area (Å²) in [5.41, 5.74) is 5.98. The number of rotatable bonds is 5. The van der Waals surface area contributed by atoms with Crippen LogP contribution >= 0.6 is 0 Å². The molecule has 7 nitrogen and oxygen atoms in total. The zero-order chi connectivity index (χ0) is 18.6. The van der Waals surface area contributed by atoms with E-state index in [1.54, 1.807) is 6.20 Å². The summed E-state index contributed by atoms with van der Waals surface area (Å²) < 4.78 is 0. The van der Waals surface area contributed by atoms with Crippen molar-refractivity contribution in [3.05, 3.63) is 30.1 Å². The van der Waals surface area contributed by atoms with Gasteiger partial charge in [-0.3, -0.25) is 19.4 Å². The minimum Gasteiger partial charge on any atom is -0.370 e. The summed E-state index contributed by atoms with van der Waals surface area (Å²) in [6.07, 6.45) is 5.25. The molecule has 140 valence electrons. The molecule has 2 N–H and O–H groups in total. The Morgan fingerprint density at radius 3 is 2.77 bits per heavy atom. The molecule has 0 bridgehead atoms. The van der Waals surface area contributed by atoms with Crippen molar-refractivity contribution in [3.8, 4) is 0 Å². The van der Waals surface area contributed by atoms with Crippen LogP contribution in [0, 0.1) is 5.41 Å². The topological polar surface area (TPSA) is 96.6 Å². The van der Waals surface area contributed by atoms with E-state index >= 15 is 0 Å². The van der Waals surface area contributed by atoms with Gasteiger partial charge in [0.05, 0.1) is 12.2 Å². The Bertz CT molecular complexity index is 679. The van der Waals surface area contributed by atoms with Gasteiger partial charge in [-0.15, -0.1) is 0 Å². The summed E-state index contributed by atoms with van der Waals surface area (Å²) in [5.74, 6) is -0.315. The second-order valence-corrected chi connectivity index (χ2v) is 7.46. The lowest BCUT2D eigenvalue weighted by Crippen LogP contribution is -2.54. The molecule has 3 rings (SSSR count). The minimum atomic E-state index is -0.449. The summed E-state index contributed by atoms with van der Waals surface area (Å²) in [5, 5.41) is 0. The minimum absolute atomic E-state index is 0.0175. The van der Waals surface area contributed by atoms with Crippen LogP contribution in [-0.4, -0.2) is 52.1 Å². The van der Waals surface area contributed by atoms with Crippen LogP contribution in [0.3, 0.4) is 0 Å².